The van der Waals surface area contributed by atoms with Gasteiger partial charge in [0.15, 0.2) is 6.04 Å². The highest BCUT2D eigenvalue weighted by atomic mass is 16.2. The number of carbonyl (C=O) groups is 4. The minimum Gasteiger partial charge on any atom is -0.336 e. The van der Waals surface area contributed by atoms with Crippen LogP contribution >= 0.6 is 0 Å². The summed E-state index contributed by atoms with van der Waals surface area (Å²) < 4.78 is 0. The Morgan fingerprint density at radius 3 is 1.90 bits per heavy atom. The molecule has 3 aromatic rings. The summed E-state index contributed by atoms with van der Waals surface area (Å²) in [5.41, 5.74) is 1.86. The highest BCUT2D eigenvalue weighted by Crippen LogP contribution is 2.38. The van der Waals surface area contributed by atoms with Gasteiger partial charge in [-0.25, -0.2) is 4.79 Å². The molecule has 5 amide bonds. The van der Waals surface area contributed by atoms with Crippen LogP contribution in [0.2, 0.25) is 0 Å². The molecule has 9 heteroatoms. The van der Waals surface area contributed by atoms with Gasteiger partial charge < -0.3 is 15.5 Å². The molecule has 39 heavy (non-hydrogen) atoms. The van der Waals surface area contributed by atoms with E-state index in [4.69, 9.17) is 0 Å². The van der Waals surface area contributed by atoms with Gasteiger partial charge in [0.05, 0.1) is 11.4 Å². The van der Waals surface area contributed by atoms with E-state index in [1.165, 1.54) is 9.80 Å². The first-order valence-corrected chi connectivity index (χ1v) is 12.9. The standard InChI is InChI=1S/C30H33N5O4/c1-20(2)34(21(3)4)26(36)19-33-24-17-11-12-18-25(24)35(23-15-9-6-10-16-23)29(38)27(28(33)37)32-30(39)31-22-13-7-5-8-14-22/h5-18,20-21,27H,19H2,1-4H3,(H2,31,32,39). The molecule has 202 valence electrons. The Balaban J connectivity index is 1.77. The fourth-order valence-electron chi connectivity index (χ4n) is 4.85. The van der Waals surface area contributed by atoms with Crippen molar-refractivity contribution in [3.05, 3.63) is 84.9 Å². The van der Waals surface area contributed by atoms with Crippen LogP contribution in [0.25, 0.3) is 0 Å². The molecule has 0 fully saturated rings. The summed E-state index contributed by atoms with van der Waals surface area (Å²) in [7, 11) is 0. The van der Waals surface area contributed by atoms with Gasteiger partial charge in [-0.15, -0.1) is 0 Å². The molecule has 1 aliphatic rings. The molecule has 0 aliphatic carbocycles. The molecule has 1 aliphatic heterocycles. The van der Waals surface area contributed by atoms with Crippen LogP contribution in [-0.4, -0.2) is 53.3 Å². The Kier molecular flexibility index (Phi) is 8.29. The third kappa shape index (κ3) is 5.93. The number of nitrogens with one attached hydrogen (secondary N) is 2. The number of benzene rings is 3. The second-order valence-corrected chi connectivity index (χ2v) is 9.81. The van der Waals surface area contributed by atoms with Crippen LogP contribution in [0.3, 0.4) is 0 Å². The van der Waals surface area contributed by atoms with Crippen LogP contribution in [-0.2, 0) is 14.4 Å². The maximum atomic E-state index is 14.0. The van der Waals surface area contributed by atoms with Crippen LogP contribution in [0.4, 0.5) is 27.5 Å². The normalized spacial score (nSPS) is 15.2. The molecular formula is C30H33N5O4. The summed E-state index contributed by atoms with van der Waals surface area (Å²) >= 11 is 0. The van der Waals surface area contributed by atoms with Crippen molar-refractivity contribution in [2.75, 3.05) is 21.7 Å². The number of nitrogens with zero attached hydrogens (tertiary/aromatic N) is 3. The van der Waals surface area contributed by atoms with Gasteiger partial charge in [0.2, 0.25) is 5.91 Å². The summed E-state index contributed by atoms with van der Waals surface area (Å²) in [6, 6.07) is 22.0. The Morgan fingerprint density at radius 1 is 0.769 bits per heavy atom. The highest BCUT2D eigenvalue weighted by molar-refractivity contribution is 6.24. The third-order valence-electron chi connectivity index (χ3n) is 6.41. The summed E-state index contributed by atoms with van der Waals surface area (Å²) in [6.07, 6.45) is 0. The molecular weight excluding hydrogens is 494 g/mol. The molecule has 1 heterocycles. The van der Waals surface area contributed by atoms with Gasteiger partial charge in [-0.1, -0.05) is 48.5 Å². The molecule has 9 nitrogen and oxygen atoms in total. The molecule has 0 saturated carbocycles. The van der Waals surface area contributed by atoms with Crippen LogP contribution in [0, 0.1) is 0 Å². The molecule has 3 aromatic carbocycles. The van der Waals surface area contributed by atoms with Gasteiger partial charge in [0, 0.05) is 23.5 Å². The number of fused-ring (bicyclic) bond motifs is 1. The zero-order valence-corrected chi connectivity index (χ0v) is 22.5. The maximum absolute atomic E-state index is 14.0. The monoisotopic (exact) mass is 527 g/mol. The van der Waals surface area contributed by atoms with Crippen LogP contribution in [0.5, 0.6) is 0 Å². The predicted molar refractivity (Wildman–Crippen MR) is 152 cm³/mol. The number of anilines is 4. The van der Waals surface area contributed by atoms with Crippen molar-refractivity contribution in [3.8, 4) is 0 Å². The van der Waals surface area contributed by atoms with Crippen molar-refractivity contribution < 1.29 is 19.2 Å². The predicted octanol–water partition coefficient (Wildman–Crippen LogP) is 4.53. The van der Waals surface area contributed by atoms with E-state index in [1.807, 2.05) is 39.8 Å². The largest absolute Gasteiger partial charge is 0.336 e. The molecule has 1 unspecified atom stereocenters. The van der Waals surface area contributed by atoms with Gasteiger partial charge in [-0.2, -0.15) is 0 Å². The van der Waals surface area contributed by atoms with Gasteiger partial charge in [-0.3, -0.25) is 24.2 Å². The van der Waals surface area contributed by atoms with E-state index >= 15 is 0 Å². The molecule has 4 rings (SSSR count). The molecule has 1 atom stereocenters. The first-order chi connectivity index (χ1) is 18.7. The van der Waals surface area contributed by atoms with Gasteiger partial charge >= 0.3 is 6.03 Å². The molecule has 2 N–H and O–H groups in total. The number of amides is 5. The fourth-order valence-corrected chi connectivity index (χ4v) is 4.85. The zero-order chi connectivity index (χ0) is 28.1. The maximum Gasteiger partial charge on any atom is 0.320 e. The third-order valence-corrected chi connectivity index (χ3v) is 6.41. The quantitative estimate of drug-likeness (QED) is 0.441. The Bertz CT molecular complexity index is 1340. The number of hydrogen-bond donors (Lipinski definition) is 2. The van der Waals surface area contributed by atoms with Crippen molar-refractivity contribution >= 4 is 46.5 Å². The smallest absolute Gasteiger partial charge is 0.320 e. The lowest BCUT2D eigenvalue weighted by molar-refractivity contribution is -0.135. The lowest BCUT2D eigenvalue weighted by atomic mass is 10.2. The zero-order valence-electron chi connectivity index (χ0n) is 22.5. The number of rotatable bonds is 7. The average Bonchev–Trinajstić information content (AvgIpc) is 2.98. The second-order valence-electron chi connectivity index (χ2n) is 9.81. The summed E-state index contributed by atoms with van der Waals surface area (Å²) in [5, 5.41) is 5.23. The number of carbonyl (C=O) groups excluding carboxylic acids is 4. The van der Waals surface area contributed by atoms with E-state index in [9.17, 15) is 19.2 Å². The number of urea groups is 1. The van der Waals surface area contributed by atoms with Crippen molar-refractivity contribution in [1.29, 1.82) is 0 Å². The highest BCUT2D eigenvalue weighted by Gasteiger charge is 2.43. The van der Waals surface area contributed by atoms with Crippen molar-refractivity contribution in [1.82, 2.24) is 10.2 Å². The van der Waals surface area contributed by atoms with Crippen molar-refractivity contribution in [2.45, 2.75) is 45.8 Å². The van der Waals surface area contributed by atoms with E-state index in [0.29, 0.717) is 22.7 Å². The molecule has 0 spiro atoms. The summed E-state index contributed by atoms with van der Waals surface area (Å²) in [5.74, 6) is -1.60. The minimum atomic E-state index is -1.58. The molecule has 0 radical (unpaired) electrons. The first-order valence-electron chi connectivity index (χ1n) is 12.9. The first kappa shape index (κ1) is 27.4. The van der Waals surface area contributed by atoms with E-state index in [1.54, 1.807) is 77.7 Å². The lowest BCUT2D eigenvalue weighted by Crippen LogP contribution is -2.57. The summed E-state index contributed by atoms with van der Waals surface area (Å²) in [4.78, 5) is 59.0. The van der Waals surface area contributed by atoms with E-state index in [2.05, 4.69) is 10.6 Å². The van der Waals surface area contributed by atoms with Crippen LogP contribution in [0.15, 0.2) is 84.9 Å². The summed E-state index contributed by atoms with van der Waals surface area (Å²) in [6.45, 7) is 7.36. The Morgan fingerprint density at radius 2 is 1.31 bits per heavy atom. The van der Waals surface area contributed by atoms with Gasteiger partial charge in [0.25, 0.3) is 11.8 Å². The Labute approximate surface area is 228 Å². The average molecular weight is 528 g/mol. The SMILES string of the molecule is CC(C)N(C(=O)CN1C(=O)C(NC(=O)Nc2ccccc2)C(=O)N(c2ccccc2)c2ccccc21)C(C)C. The lowest BCUT2D eigenvalue weighted by Gasteiger charge is -2.33. The van der Waals surface area contributed by atoms with Gasteiger partial charge in [0.1, 0.15) is 6.54 Å². The topological polar surface area (TPSA) is 102 Å². The van der Waals surface area contributed by atoms with Crippen molar-refractivity contribution in [2.24, 2.45) is 0 Å². The second kappa shape index (κ2) is 11.8. The fraction of sp³-hybridized carbons (Fsp3) is 0.267. The van der Waals surface area contributed by atoms with Crippen LogP contribution < -0.4 is 20.4 Å². The van der Waals surface area contributed by atoms with Gasteiger partial charge in [-0.05, 0) is 64.1 Å². The Hall–Kier alpha value is -4.66. The van der Waals surface area contributed by atoms with Crippen LogP contribution in [0.1, 0.15) is 27.7 Å². The van der Waals surface area contributed by atoms with E-state index < -0.39 is 23.9 Å². The number of hydrogen-bond acceptors (Lipinski definition) is 4. The van der Waals surface area contributed by atoms with Crippen molar-refractivity contribution in [3.63, 3.8) is 0 Å². The van der Waals surface area contributed by atoms with E-state index in [0.717, 1.165) is 0 Å². The molecule has 0 saturated heterocycles. The minimum absolute atomic E-state index is 0.0946. The molecule has 0 aromatic heterocycles. The molecule has 0 bridgehead atoms. The number of para-hydroxylation sites is 4. The van der Waals surface area contributed by atoms with E-state index in [-0.39, 0.29) is 24.5 Å².